The highest BCUT2D eigenvalue weighted by Gasteiger charge is 2.15. The van der Waals surface area contributed by atoms with E-state index >= 15 is 0 Å². The summed E-state index contributed by atoms with van der Waals surface area (Å²) in [5.41, 5.74) is 2.06. The van der Waals surface area contributed by atoms with Crippen LogP contribution >= 0.6 is 0 Å². The van der Waals surface area contributed by atoms with Crippen molar-refractivity contribution in [3.63, 3.8) is 0 Å². The van der Waals surface area contributed by atoms with Gasteiger partial charge in [0.25, 0.3) is 0 Å². The summed E-state index contributed by atoms with van der Waals surface area (Å²) >= 11 is 0. The van der Waals surface area contributed by atoms with E-state index in [1.807, 2.05) is 32.0 Å². The molecule has 0 aliphatic heterocycles. The van der Waals surface area contributed by atoms with Crippen molar-refractivity contribution in [2.75, 3.05) is 6.54 Å². The molecule has 1 unspecified atom stereocenters. The van der Waals surface area contributed by atoms with E-state index in [-0.39, 0.29) is 11.9 Å². The van der Waals surface area contributed by atoms with Crippen molar-refractivity contribution in [2.45, 2.75) is 39.8 Å². The number of para-hydroxylation sites is 1. The molecule has 1 atom stereocenters. The Bertz CT molecular complexity index is 589. The van der Waals surface area contributed by atoms with Crippen LogP contribution in [-0.2, 0) is 17.8 Å². The molecular weight excluding hydrogens is 252 g/mol. The van der Waals surface area contributed by atoms with Gasteiger partial charge in [-0.2, -0.15) is 0 Å². The fourth-order valence-corrected chi connectivity index (χ4v) is 2.30. The lowest BCUT2D eigenvalue weighted by Gasteiger charge is -2.13. The quantitative estimate of drug-likeness (QED) is 0.851. The van der Waals surface area contributed by atoms with Crippen molar-refractivity contribution < 1.29 is 9.21 Å². The Morgan fingerprint density at radius 3 is 2.75 bits per heavy atom. The molecule has 0 saturated carbocycles. The average Bonchev–Trinajstić information content (AvgIpc) is 2.82. The van der Waals surface area contributed by atoms with Crippen LogP contribution in [0.3, 0.4) is 0 Å². The van der Waals surface area contributed by atoms with Gasteiger partial charge in [-0.25, -0.2) is 0 Å². The molecule has 1 amide bonds. The van der Waals surface area contributed by atoms with Gasteiger partial charge in [0.1, 0.15) is 11.3 Å². The minimum Gasteiger partial charge on any atom is -0.461 e. The number of aryl methyl sites for hydroxylation is 1. The summed E-state index contributed by atoms with van der Waals surface area (Å²) in [7, 11) is 0. The summed E-state index contributed by atoms with van der Waals surface area (Å²) in [5, 5.41) is 7.21. The van der Waals surface area contributed by atoms with Gasteiger partial charge < -0.3 is 15.1 Å². The first kappa shape index (κ1) is 14.6. The maximum Gasteiger partial charge on any atom is 0.236 e. The molecule has 4 heteroatoms. The maximum atomic E-state index is 11.7. The number of carbonyl (C=O) groups excluding carboxylic acids is 1. The standard InChI is InChI=1S/C16H22N2O2/c1-4-14-13(10-18-11(3)16(19)17-5-2)12-8-6-7-9-15(12)20-14/h6-9,11,18H,4-5,10H2,1-3H3,(H,17,19). The van der Waals surface area contributed by atoms with E-state index in [4.69, 9.17) is 4.42 Å². The lowest BCUT2D eigenvalue weighted by molar-refractivity contribution is -0.122. The van der Waals surface area contributed by atoms with Gasteiger partial charge in [0.05, 0.1) is 6.04 Å². The smallest absolute Gasteiger partial charge is 0.236 e. The van der Waals surface area contributed by atoms with Gasteiger partial charge in [-0.3, -0.25) is 4.79 Å². The zero-order valence-corrected chi connectivity index (χ0v) is 12.3. The molecule has 0 bridgehead atoms. The van der Waals surface area contributed by atoms with Crippen LogP contribution in [0.2, 0.25) is 0 Å². The number of hydrogen-bond acceptors (Lipinski definition) is 3. The molecule has 1 aromatic carbocycles. The third-order valence-corrected chi connectivity index (χ3v) is 3.43. The van der Waals surface area contributed by atoms with Crippen molar-refractivity contribution in [3.8, 4) is 0 Å². The van der Waals surface area contributed by atoms with Crippen molar-refractivity contribution in [2.24, 2.45) is 0 Å². The summed E-state index contributed by atoms with van der Waals surface area (Å²) in [5.74, 6) is 1.01. The predicted octanol–water partition coefficient (Wildman–Crippen LogP) is 2.61. The first-order valence-electron chi connectivity index (χ1n) is 7.17. The second kappa shape index (κ2) is 6.57. The molecule has 2 rings (SSSR count). The van der Waals surface area contributed by atoms with E-state index in [9.17, 15) is 4.79 Å². The number of benzene rings is 1. The highest BCUT2D eigenvalue weighted by Crippen LogP contribution is 2.26. The number of fused-ring (bicyclic) bond motifs is 1. The van der Waals surface area contributed by atoms with Gasteiger partial charge in [0, 0.05) is 30.5 Å². The zero-order valence-electron chi connectivity index (χ0n) is 12.3. The van der Waals surface area contributed by atoms with Crippen molar-refractivity contribution in [1.82, 2.24) is 10.6 Å². The van der Waals surface area contributed by atoms with Crippen LogP contribution < -0.4 is 10.6 Å². The molecular formula is C16H22N2O2. The third kappa shape index (κ3) is 3.02. The normalized spacial score (nSPS) is 12.6. The Labute approximate surface area is 119 Å². The molecule has 0 radical (unpaired) electrons. The Morgan fingerprint density at radius 2 is 2.05 bits per heavy atom. The van der Waals surface area contributed by atoms with E-state index in [0.717, 1.165) is 28.7 Å². The topological polar surface area (TPSA) is 54.3 Å². The van der Waals surface area contributed by atoms with Crippen LogP contribution in [0.1, 0.15) is 32.1 Å². The van der Waals surface area contributed by atoms with Crippen LogP contribution in [0.4, 0.5) is 0 Å². The number of nitrogens with one attached hydrogen (secondary N) is 2. The van der Waals surface area contributed by atoms with Crippen molar-refractivity contribution >= 4 is 16.9 Å². The molecule has 108 valence electrons. The minimum absolute atomic E-state index is 0.0262. The fourth-order valence-electron chi connectivity index (χ4n) is 2.30. The molecule has 20 heavy (non-hydrogen) atoms. The molecule has 1 aromatic heterocycles. The second-order valence-electron chi connectivity index (χ2n) is 4.85. The van der Waals surface area contributed by atoms with Crippen LogP contribution in [0.25, 0.3) is 11.0 Å². The lowest BCUT2D eigenvalue weighted by Crippen LogP contribution is -2.41. The van der Waals surface area contributed by atoms with E-state index in [2.05, 4.69) is 23.6 Å². The Morgan fingerprint density at radius 1 is 1.30 bits per heavy atom. The van der Waals surface area contributed by atoms with Crippen LogP contribution in [0.5, 0.6) is 0 Å². The van der Waals surface area contributed by atoms with Gasteiger partial charge in [0.15, 0.2) is 0 Å². The second-order valence-corrected chi connectivity index (χ2v) is 4.85. The van der Waals surface area contributed by atoms with Gasteiger partial charge in [0.2, 0.25) is 5.91 Å². The fraction of sp³-hybridized carbons (Fsp3) is 0.438. The summed E-state index contributed by atoms with van der Waals surface area (Å²) in [6.45, 7) is 7.16. The number of carbonyl (C=O) groups is 1. The van der Waals surface area contributed by atoms with Gasteiger partial charge in [-0.05, 0) is 19.9 Å². The summed E-state index contributed by atoms with van der Waals surface area (Å²) in [6, 6.07) is 7.80. The molecule has 2 N–H and O–H groups in total. The van der Waals surface area contributed by atoms with Crippen LogP contribution in [0, 0.1) is 0 Å². The lowest BCUT2D eigenvalue weighted by atomic mass is 10.1. The highest BCUT2D eigenvalue weighted by atomic mass is 16.3. The largest absolute Gasteiger partial charge is 0.461 e. The van der Waals surface area contributed by atoms with E-state index < -0.39 is 0 Å². The molecule has 0 spiro atoms. The minimum atomic E-state index is -0.215. The number of furan rings is 1. The zero-order chi connectivity index (χ0) is 14.5. The van der Waals surface area contributed by atoms with Gasteiger partial charge >= 0.3 is 0 Å². The number of amides is 1. The maximum absolute atomic E-state index is 11.7. The van der Waals surface area contributed by atoms with Gasteiger partial charge in [-0.1, -0.05) is 25.1 Å². The molecule has 0 aliphatic rings. The van der Waals surface area contributed by atoms with Crippen LogP contribution in [-0.4, -0.2) is 18.5 Å². The SMILES string of the molecule is CCNC(=O)C(C)NCc1c(CC)oc2ccccc12. The van der Waals surface area contributed by atoms with E-state index in [1.165, 1.54) is 0 Å². The molecule has 0 aliphatic carbocycles. The van der Waals surface area contributed by atoms with Crippen LogP contribution in [0.15, 0.2) is 28.7 Å². The predicted molar refractivity (Wildman–Crippen MR) is 80.6 cm³/mol. The first-order valence-corrected chi connectivity index (χ1v) is 7.17. The molecule has 0 saturated heterocycles. The molecule has 0 fully saturated rings. The van der Waals surface area contributed by atoms with E-state index in [0.29, 0.717) is 13.1 Å². The molecule has 1 heterocycles. The summed E-state index contributed by atoms with van der Waals surface area (Å²) in [6.07, 6.45) is 0.848. The van der Waals surface area contributed by atoms with Crippen molar-refractivity contribution in [3.05, 3.63) is 35.6 Å². The monoisotopic (exact) mass is 274 g/mol. The Balaban J connectivity index is 2.14. The summed E-state index contributed by atoms with van der Waals surface area (Å²) in [4.78, 5) is 11.7. The number of likely N-dealkylation sites (N-methyl/N-ethyl adjacent to an activating group) is 1. The Hall–Kier alpha value is -1.81. The van der Waals surface area contributed by atoms with E-state index in [1.54, 1.807) is 0 Å². The molecule has 4 nitrogen and oxygen atoms in total. The highest BCUT2D eigenvalue weighted by molar-refractivity contribution is 5.83. The molecule has 2 aromatic rings. The third-order valence-electron chi connectivity index (χ3n) is 3.43. The summed E-state index contributed by atoms with van der Waals surface area (Å²) < 4.78 is 5.85. The average molecular weight is 274 g/mol. The number of rotatable bonds is 6. The van der Waals surface area contributed by atoms with Gasteiger partial charge in [-0.15, -0.1) is 0 Å². The number of hydrogen-bond donors (Lipinski definition) is 2. The Kier molecular flexibility index (Phi) is 4.79. The first-order chi connectivity index (χ1) is 9.67. The van der Waals surface area contributed by atoms with Crippen molar-refractivity contribution in [1.29, 1.82) is 0 Å².